The Kier molecular flexibility index (Phi) is 6.21. The van der Waals surface area contributed by atoms with Crippen molar-refractivity contribution in [2.75, 3.05) is 5.32 Å². The molecule has 8 nitrogen and oxygen atoms in total. The third-order valence-electron chi connectivity index (χ3n) is 5.57. The highest BCUT2D eigenvalue weighted by Crippen LogP contribution is 2.28. The summed E-state index contributed by atoms with van der Waals surface area (Å²) in [5.74, 6) is -0.518. The first-order valence-electron chi connectivity index (χ1n) is 10.5. The molecule has 34 heavy (non-hydrogen) atoms. The number of nitro benzene ring substituents is 1. The molecule has 0 saturated carbocycles. The molecule has 0 radical (unpaired) electrons. The Labute approximate surface area is 196 Å². The average Bonchev–Trinajstić information content (AvgIpc) is 3.16. The summed E-state index contributed by atoms with van der Waals surface area (Å²) in [6.07, 6.45) is 1.50. The average molecular weight is 478 g/mol. The van der Waals surface area contributed by atoms with Gasteiger partial charge in [0, 0.05) is 34.9 Å². The van der Waals surface area contributed by atoms with Crippen LogP contribution in [0.4, 0.5) is 11.4 Å². The van der Waals surface area contributed by atoms with Crippen LogP contribution in [0, 0.1) is 24.0 Å². The van der Waals surface area contributed by atoms with Gasteiger partial charge >= 0.3 is 0 Å². The number of aryl methyl sites for hydroxylation is 2. The smallest absolute Gasteiger partial charge is 0.269 e. The van der Waals surface area contributed by atoms with Gasteiger partial charge in [0.2, 0.25) is 5.91 Å². The number of benzene rings is 3. The number of hydrogen-bond acceptors (Lipinski definition) is 5. The minimum atomic E-state index is -3.66. The summed E-state index contributed by atoms with van der Waals surface area (Å²) < 4.78 is 28.1. The molecule has 174 valence electrons. The second-order valence-corrected chi connectivity index (χ2v) is 10.1. The second kappa shape index (κ2) is 9.11. The maximum atomic E-state index is 13.3. The molecule has 0 spiro atoms. The van der Waals surface area contributed by atoms with Gasteiger partial charge < -0.3 is 9.88 Å². The van der Waals surface area contributed by atoms with E-state index in [9.17, 15) is 23.3 Å². The zero-order valence-corrected chi connectivity index (χ0v) is 19.5. The normalized spacial score (nSPS) is 11.5. The molecular weight excluding hydrogens is 454 g/mol. The van der Waals surface area contributed by atoms with Gasteiger partial charge in [-0.2, -0.15) is 0 Å². The van der Waals surface area contributed by atoms with Crippen molar-refractivity contribution in [2.45, 2.75) is 31.0 Å². The van der Waals surface area contributed by atoms with Crippen LogP contribution < -0.4 is 5.32 Å². The lowest BCUT2D eigenvalue weighted by Gasteiger charge is -2.09. The first-order valence-corrected chi connectivity index (χ1v) is 12.2. The van der Waals surface area contributed by atoms with E-state index in [1.165, 1.54) is 24.4 Å². The number of nitro groups is 1. The van der Waals surface area contributed by atoms with E-state index in [-0.39, 0.29) is 28.8 Å². The van der Waals surface area contributed by atoms with Crippen LogP contribution in [0.3, 0.4) is 0 Å². The SMILES string of the molecule is Cc1ccc(CS(=O)(=O)c2cn(CC(=O)Nc3ccc([N+](=O)[O-])cc3C)c3ccccc23)cc1. The van der Waals surface area contributed by atoms with Gasteiger partial charge in [-0.05, 0) is 37.1 Å². The highest BCUT2D eigenvalue weighted by atomic mass is 32.2. The van der Waals surface area contributed by atoms with Gasteiger partial charge in [0.1, 0.15) is 6.54 Å². The number of rotatable bonds is 7. The molecule has 4 rings (SSSR count). The first-order chi connectivity index (χ1) is 16.1. The quantitative estimate of drug-likeness (QED) is 0.304. The topological polar surface area (TPSA) is 111 Å². The Hall–Kier alpha value is -3.98. The summed E-state index contributed by atoms with van der Waals surface area (Å²) in [4.78, 5) is 23.4. The van der Waals surface area contributed by atoms with Crippen molar-refractivity contribution in [3.05, 3.63) is 99.7 Å². The number of amides is 1. The molecule has 1 N–H and O–H groups in total. The van der Waals surface area contributed by atoms with Crippen LogP contribution in [0.1, 0.15) is 16.7 Å². The minimum Gasteiger partial charge on any atom is -0.337 e. The van der Waals surface area contributed by atoms with Gasteiger partial charge in [-0.3, -0.25) is 14.9 Å². The lowest BCUT2D eigenvalue weighted by molar-refractivity contribution is -0.384. The van der Waals surface area contributed by atoms with Crippen molar-refractivity contribution >= 4 is 38.0 Å². The number of non-ortho nitro benzene ring substituents is 1. The standard InChI is InChI=1S/C25H23N3O5S/c1-17-7-9-19(10-8-17)16-34(32,33)24-14-27(23-6-4-3-5-21(23)24)15-25(29)26-22-12-11-20(28(30)31)13-18(22)2/h3-14H,15-16H2,1-2H3,(H,26,29). The number of anilines is 1. The predicted molar refractivity (Wildman–Crippen MR) is 130 cm³/mol. The van der Waals surface area contributed by atoms with Crippen LogP contribution in [-0.4, -0.2) is 23.8 Å². The maximum absolute atomic E-state index is 13.3. The van der Waals surface area contributed by atoms with Gasteiger partial charge in [-0.1, -0.05) is 48.0 Å². The molecule has 1 heterocycles. The molecule has 0 aliphatic rings. The highest BCUT2D eigenvalue weighted by molar-refractivity contribution is 7.90. The van der Waals surface area contributed by atoms with E-state index >= 15 is 0 Å². The molecule has 9 heteroatoms. The fraction of sp³-hybridized carbons (Fsp3) is 0.160. The van der Waals surface area contributed by atoms with E-state index in [1.807, 2.05) is 19.1 Å². The van der Waals surface area contributed by atoms with Crippen molar-refractivity contribution in [2.24, 2.45) is 0 Å². The van der Waals surface area contributed by atoms with Crippen LogP contribution >= 0.6 is 0 Å². The van der Waals surface area contributed by atoms with Gasteiger partial charge in [0.15, 0.2) is 9.84 Å². The number of hydrogen-bond donors (Lipinski definition) is 1. The molecular formula is C25H23N3O5S. The molecule has 0 saturated heterocycles. The Morgan fingerprint density at radius 3 is 2.41 bits per heavy atom. The zero-order chi connectivity index (χ0) is 24.5. The van der Waals surface area contributed by atoms with Crippen LogP contribution in [0.25, 0.3) is 10.9 Å². The number of nitrogens with zero attached hydrogens (tertiary/aromatic N) is 2. The molecule has 3 aromatic carbocycles. The number of carbonyl (C=O) groups excluding carboxylic acids is 1. The lowest BCUT2D eigenvalue weighted by Crippen LogP contribution is -2.19. The summed E-state index contributed by atoms with van der Waals surface area (Å²) >= 11 is 0. The molecule has 4 aromatic rings. The third-order valence-corrected chi connectivity index (χ3v) is 7.28. The van der Waals surface area contributed by atoms with Crippen LogP contribution in [0.2, 0.25) is 0 Å². The van der Waals surface area contributed by atoms with Crippen molar-refractivity contribution in [3.63, 3.8) is 0 Å². The lowest BCUT2D eigenvalue weighted by atomic mass is 10.2. The van der Waals surface area contributed by atoms with E-state index < -0.39 is 14.8 Å². The van der Waals surface area contributed by atoms with E-state index in [2.05, 4.69) is 5.32 Å². The van der Waals surface area contributed by atoms with Crippen molar-refractivity contribution in [1.82, 2.24) is 4.57 Å². The number of para-hydroxylation sites is 1. The van der Waals surface area contributed by atoms with E-state index in [0.29, 0.717) is 27.7 Å². The molecule has 0 bridgehead atoms. The van der Waals surface area contributed by atoms with Crippen LogP contribution in [0.15, 0.2) is 77.8 Å². The molecule has 0 aliphatic carbocycles. The summed E-state index contributed by atoms with van der Waals surface area (Å²) in [5.41, 5.74) is 3.32. The number of sulfone groups is 1. The van der Waals surface area contributed by atoms with Gasteiger partial charge in [0.25, 0.3) is 5.69 Å². The molecule has 1 aromatic heterocycles. The minimum absolute atomic E-state index is 0.0599. The van der Waals surface area contributed by atoms with Crippen LogP contribution in [-0.2, 0) is 26.9 Å². The molecule has 1 amide bonds. The van der Waals surface area contributed by atoms with Crippen molar-refractivity contribution in [1.29, 1.82) is 0 Å². The Balaban J connectivity index is 1.61. The fourth-order valence-electron chi connectivity index (χ4n) is 3.82. The van der Waals surface area contributed by atoms with Gasteiger partial charge in [0.05, 0.1) is 15.6 Å². The Morgan fingerprint density at radius 2 is 1.74 bits per heavy atom. The summed E-state index contributed by atoms with van der Waals surface area (Å²) in [5, 5.41) is 14.2. The first kappa shape index (κ1) is 23.2. The largest absolute Gasteiger partial charge is 0.337 e. The summed E-state index contributed by atoms with van der Waals surface area (Å²) in [6.45, 7) is 3.50. The number of carbonyl (C=O) groups is 1. The van der Waals surface area contributed by atoms with Crippen molar-refractivity contribution < 1.29 is 18.1 Å². The Morgan fingerprint density at radius 1 is 1.03 bits per heavy atom. The monoisotopic (exact) mass is 477 g/mol. The van der Waals surface area contributed by atoms with Gasteiger partial charge in [-0.25, -0.2) is 8.42 Å². The van der Waals surface area contributed by atoms with Gasteiger partial charge in [-0.15, -0.1) is 0 Å². The molecule has 0 unspecified atom stereocenters. The fourth-order valence-corrected chi connectivity index (χ4v) is 5.40. The van der Waals surface area contributed by atoms with Crippen LogP contribution in [0.5, 0.6) is 0 Å². The number of fused-ring (bicyclic) bond motifs is 1. The second-order valence-electron chi connectivity index (χ2n) is 8.19. The zero-order valence-electron chi connectivity index (χ0n) is 18.7. The van der Waals surface area contributed by atoms with Crippen molar-refractivity contribution in [3.8, 4) is 0 Å². The summed E-state index contributed by atoms with van der Waals surface area (Å²) in [7, 11) is -3.66. The molecule has 0 fully saturated rings. The van der Waals surface area contributed by atoms with E-state index in [0.717, 1.165) is 5.56 Å². The predicted octanol–water partition coefficient (Wildman–Crippen LogP) is 4.78. The van der Waals surface area contributed by atoms with E-state index in [1.54, 1.807) is 47.9 Å². The van der Waals surface area contributed by atoms with E-state index in [4.69, 9.17) is 0 Å². The number of nitrogens with one attached hydrogen (secondary N) is 1. The highest BCUT2D eigenvalue weighted by Gasteiger charge is 2.22. The third kappa shape index (κ3) is 4.84. The molecule has 0 atom stereocenters. The maximum Gasteiger partial charge on any atom is 0.269 e. The molecule has 0 aliphatic heterocycles. The summed E-state index contributed by atoms with van der Waals surface area (Å²) in [6, 6.07) is 18.6. The number of aromatic nitrogens is 1. The Bertz CT molecular complexity index is 1510.